The highest BCUT2D eigenvalue weighted by Crippen LogP contribution is 2.16. The van der Waals surface area contributed by atoms with Crippen LogP contribution in [0.25, 0.3) is 0 Å². The van der Waals surface area contributed by atoms with Gasteiger partial charge in [0.05, 0.1) is 0 Å². The van der Waals surface area contributed by atoms with E-state index < -0.39 is 10.8 Å². The first-order valence-corrected chi connectivity index (χ1v) is 8.86. The summed E-state index contributed by atoms with van der Waals surface area (Å²) < 4.78 is 12.2. The van der Waals surface area contributed by atoms with Crippen LogP contribution in [0.4, 0.5) is 0 Å². The quantitative estimate of drug-likeness (QED) is 0.881. The second-order valence-corrected chi connectivity index (χ2v) is 6.89. The van der Waals surface area contributed by atoms with Gasteiger partial charge in [0.2, 0.25) is 0 Å². The molecule has 5 heteroatoms. The van der Waals surface area contributed by atoms with Crippen LogP contribution in [-0.2, 0) is 23.0 Å². The summed E-state index contributed by atoms with van der Waals surface area (Å²) >= 11 is 6.09. The van der Waals surface area contributed by atoms with Gasteiger partial charge in [-0.3, -0.25) is 9.00 Å². The third kappa shape index (κ3) is 4.68. The molecule has 2 aromatic carbocycles. The highest BCUT2D eigenvalue weighted by molar-refractivity contribution is 7.84. The van der Waals surface area contributed by atoms with E-state index in [9.17, 15) is 9.00 Å². The Hall–Kier alpha value is -1.65. The normalized spacial score (nSPS) is 11.9. The van der Waals surface area contributed by atoms with E-state index in [2.05, 4.69) is 5.32 Å². The molecular formula is C17H18ClNO2S. The van der Waals surface area contributed by atoms with Gasteiger partial charge in [0, 0.05) is 39.9 Å². The zero-order valence-corrected chi connectivity index (χ0v) is 13.9. The molecule has 0 aromatic heterocycles. The molecule has 1 amide bonds. The first kappa shape index (κ1) is 16.7. The zero-order chi connectivity index (χ0) is 15.9. The fraction of sp³-hybridized carbons (Fsp3) is 0.235. The van der Waals surface area contributed by atoms with Crippen molar-refractivity contribution in [1.82, 2.24) is 5.32 Å². The van der Waals surface area contributed by atoms with Crippen LogP contribution in [0.3, 0.4) is 0 Å². The fourth-order valence-corrected chi connectivity index (χ4v) is 3.47. The van der Waals surface area contributed by atoms with E-state index in [-0.39, 0.29) is 5.91 Å². The average Bonchev–Trinajstić information content (AvgIpc) is 2.54. The highest BCUT2D eigenvalue weighted by Gasteiger charge is 2.07. The Bertz CT molecular complexity index is 671. The van der Waals surface area contributed by atoms with E-state index in [0.29, 0.717) is 23.5 Å². The maximum Gasteiger partial charge on any atom is 0.251 e. The van der Waals surface area contributed by atoms with Gasteiger partial charge < -0.3 is 5.32 Å². The van der Waals surface area contributed by atoms with Gasteiger partial charge in [-0.05, 0) is 35.7 Å². The molecule has 0 saturated carbocycles. The summed E-state index contributed by atoms with van der Waals surface area (Å²) in [6.07, 6.45) is 0.697. The van der Waals surface area contributed by atoms with Gasteiger partial charge in [0.15, 0.2) is 0 Å². The third-order valence-corrected chi connectivity index (χ3v) is 5.01. The number of hydrogen-bond acceptors (Lipinski definition) is 2. The lowest BCUT2D eigenvalue weighted by molar-refractivity contribution is 0.0963. The number of nitrogens with one attached hydrogen (secondary N) is 1. The second-order valence-electron chi connectivity index (χ2n) is 4.91. The molecule has 0 radical (unpaired) electrons. The van der Waals surface area contributed by atoms with Crippen LogP contribution in [-0.4, -0.2) is 22.9 Å². The maximum atomic E-state index is 12.2. The molecule has 2 rings (SSSR count). The van der Waals surface area contributed by atoms with Gasteiger partial charge in [-0.1, -0.05) is 41.9 Å². The molecule has 1 atom stereocenters. The number of carbonyl (C=O) groups excluding carboxylic acids is 1. The van der Waals surface area contributed by atoms with Crippen LogP contribution in [0.1, 0.15) is 21.5 Å². The van der Waals surface area contributed by atoms with E-state index >= 15 is 0 Å². The summed E-state index contributed by atoms with van der Waals surface area (Å²) in [6.45, 7) is 0. The average molecular weight is 336 g/mol. The van der Waals surface area contributed by atoms with Gasteiger partial charge in [0.1, 0.15) is 0 Å². The fourth-order valence-electron chi connectivity index (χ4n) is 2.08. The Labute approximate surface area is 138 Å². The molecule has 0 spiro atoms. The number of halogens is 1. The molecular weight excluding hydrogens is 318 g/mol. The molecule has 0 saturated heterocycles. The number of carbonyl (C=O) groups is 1. The monoisotopic (exact) mass is 335 g/mol. The SMILES string of the molecule is CNC(=O)c1ccc(CS(=O)CCc2ccccc2Cl)cc1. The molecule has 0 bridgehead atoms. The Morgan fingerprint density at radius 1 is 1.14 bits per heavy atom. The van der Waals surface area contributed by atoms with E-state index in [0.717, 1.165) is 16.1 Å². The summed E-state index contributed by atoms with van der Waals surface area (Å²) in [6, 6.07) is 14.8. The van der Waals surface area contributed by atoms with Crippen molar-refractivity contribution in [3.63, 3.8) is 0 Å². The van der Waals surface area contributed by atoms with Crippen LogP contribution in [0, 0.1) is 0 Å². The predicted molar refractivity (Wildman–Crippen MR) is 91.7 cm³/mol. The predicted octanol–water partition coefficient (Wildman–Crippen LogP) is 3.19. The smallest absolute Gasteiger partial charge is 0.251 e. The van der Waals surface area contributed by atoms with Crippen molar-refractivity contribution in [3.8, 4) is 0 Å². The lowest BCUT2D eigenvalue weighted by Gasteiger charge is -2.06. The van der Waals surface area contributed by atoms with Crippen LogP contribution >= 0.6 is 11.6 Å². The number of amides is 1. The minimum absolute atomic E-state index is 0.119. The number of benzene rings is 2. The molecule has 0 aliphatic carbocycles. The van der Waals surface area contributed by atoms with Gasteiger partial charge in [-0.25, -0.2) is 0 Å². The summed E-state index contributed by atoms with van der Waals surface area (Å²) in [7, 11) is 0.639. The highest BCUT2D eigenvalue weighted by atomic mass is 35.5. The van der Waals surface area contributed by atoms with Crippen molar-refractivity contribution in [3.05, 3.63) is 70.2 Å². The Kier molecular flexibility index (Phi) is 6.16. The van der Waals surface area contributed by atoms with Crippen LogP contribution in [0.2, 0.25) is 5.02 Å². The van der Waals surface area contributed by atoms with E-state index in [1.54, 1.807) is 19.2 Å². The lowest BCUT2D eigenvalue weighted by Crippen LogP contribution is -2.17. The minimum Gasteiger partial charge on any atom is -0.355 e. The second kappa shape index (κ2) is 8.11. The van der Waals surface area contributed by atoms with Gasteiger partial charge in [-0.2, -0.15) is 0 Å². The number of aryl methyl sites for hydroxylation is 1. The molecule has 116 valence electrons. The topological polar surface area (TPSA) is 46.2 Å². The Balaban J connectivity index is 1.89. The first-order valence-electron chi connectivity index (χ1n) is 6.99. The molecule has 0 aliphatic rings. The van der Waals surface area contributed by atoms with Crippen molar-refractivity contribution >= 4 is 28.3 Å². The van der Waals surface area contributed by atoms with Gasteiger partial charge in [-0.15, -0.1) is 0 Å². The zero-order valence-electron chi connectivity index (χ0n) is 12.3. The van der Waals surface area contributed by atoms with Crippen LogP contribution in [0.5, 0.6) is 0 Å². The molecule has 22 heavy (non-hydrogen) atoms. The van der Waals surface area contributed by atoms with Crippen molar-refractivity contribution in [2.24, 2.45) is 0 Å². The van der Waals surface area contributed by atoms with E-state index in [1.807, 2.05) is 36.4 Å². The molecule has 0 heterocycles. The van der Waals surface area contributed by atoms with Crippen molar-refractivity contribution < 1.29 is 9.00 Å². The summed E-state index contributed by atoms with van der Waals surface area (Å²) in [5.74, 6) is 0.936. The number of hydrogen-bond donors (Lipinski definition) is 1. The maximum absolute atomic E-state index is 12.2. The van der Waals surface area contributed by atoms with Crippen molar-refractivity contribution in [1.29, 1.82) is 0 Å². The van der Waals surface area contributed by atoms with E-state index in [4.69, 9.17) is 11.6 Å². The molecule has 0 fully saturated rings. The molecule has 3 nitrogen and oxygen atoms in total. The van der Waals surface area contributed by atoms with Gasteiger partial charge >= 0.3 is 0 Å². The number of rotatable bonds is 6. The summed E-state index contributed by atoms with van der Waals surface area (Å²) in [4.78, 5) is 11.5. The van der Waals surface area contributed by atoms with Crippen molar-refractivity contribution in [2.75, 3.05) is 12.8 Å². The van der Waals surface area contributed by atoms with E-state index in [1.165, 1.54) is 0 Å². The van der Waals surface area contributed by atoms with Crippen LogP contribution in [0.15, 0.2) is 48.5 Å². The van der Waals surface area contributed by atoms with Crippen LogP contribution < -0.4 is 5.32 Å². The molecule has 2 aromatic rings. The molecule has 0 aliphatic heterocycles. The first-order chi connectivity index (χ1) is 10.6. The largest absolute Gasteiger partial charge is 0.355 e. The summed E-state index contributed by atoms with van der Waals surface area (Å²) in [5, 5.41) is 3.29. The minimum atomic E-state index is -0.958. The lowest BCUT2D eigenvalue weighted by atomic mass is 10.1. The Morgan fingerprint density at radius 2 is 1.82 bits per heavy atom. The third-order valence-electron chi connectivity index (χ3n) is 3.33. The standard InChI is InChI=1S/C17H18ClNO2S/c1-19-17(20)15-8-6-13(7-9-15)12-22(21)11-10-14-4-2-3-5-16(14)18/h2-9H,10-12H2,1H3,(H,19,20). The van der Waals surface area contributed by atoms with Crippen molar-refractivity contribution in [2.45, 2.75) is 12.2 Å². The molecule has 1 unspecified atom stereocenters. The molecule has 1 N–H and O–H groups in total. The van der Waals surface area contributed by atoms with Gasteiger partial charge in [0.25, 0.3) is 5.91 Å². The summed E-state index contributed by atoms with van der Waals surface area (Å²) in [5.41, 5.74) is 2.59. The Morgan fingerprint density at radius 3 is 2.45 bits per heavy atom.